The van der Waals surface area contributed by atoms with E-state index in [1.54, 1.807) is 6.92 Å². The number of methoxy groups -OCH3 is 1. The zero-order chi connectivity index (χ0) is 14.5. The van der Waals surface area contributed by atoms with E-state index >= 15 is 0 Å². The maximum absolute atomic E-state index is 13.2. The Morgan fingerprint density at radius 1 is 1.53 bits per heavy atom. The molecule has 106 valence electrons. The average Bonchev–Trinajstić information content (AvgIpc) is 2.36. The van der Waals surface area contributed by atoms with Gasteiger partial charge in [-0.15, -0.1) is 0 Å². The first kappa shape index (κ1) is 15.4. The second-order valence-electron chi connectivity index (χ2n) is 4.70. The minimum absolute atomic E-state index is 0.240. The lowest BCUT2D eigenvalue weighted by Crippen LogP contribution is -2.48. The van der Waals surface area contributed by atoms with Gasteiger partial charge in [-0.2, -0.15) is 0 Å². The fourth-order valence-electron chi connectivity index (χ4n) is 1.95. The molecule has 0 saturated heterocycles. The highest BCUT2D eigenvalue weighted by molar-refractivity contribution is 5.78. The van der Waals surface area contributed by atoms with Crippen molar-refractivity contribution in [2.75, 3.05) is 7.11 Å². The van der Waals surface area contributed by atoms with Gasteiger partial charge in [-0.1, -0.05) is 13.3 Å². The molecule has 0 aliphatic rings. The fourth-order valence-corrected chi connectivity index (χ4v) is 1.95. The van der Waals surface area contributed by atoms with E-state index < -0.39 is 11.5 Å². The van der Waals surface area contributed by atoms with Crippen LogP contribution in [-0.2, 0) is 11.3 Å². The molecule has 1 aromatic rings. The highest BCUT2D eigenvalue weighted by atomic mass is 19.1. The molecule has 2 N–H and O–H groups in total. The van der Waals surface area contributed by atoms with E-state index in [-0.39, 0.29) is 12.4 Å². The van der Waals surface area contributed by atoms with Gasteiger partial charge in [0.05, 0.1) is 7.11 Å². The summed E-state index contributed by atoms with van der Waals surface area (Å²) in [5.41, 5.74) is -0.419. The molecule has 0 bridgehead atoms. The Labute approximate surface area is 112 Å². The number of carboxylic acid groups (broad SMARTS) is 1. The molecule has 0 fully saturated rings. The molecule has 1 aromatic carbocycles. The number of ether oxygens (including phenoxy) is 1. The number of carboxylic acids is 1. The summed E-state index contributed by atoms with van der Waals surface area (Å²) < 4.78 is 18.3. The molecule has 0 heterocycles. The molecule has 0 saturated carbocycles. The molecule has 1 rings (SSSR count). The smallest absolute Gasteiger partial charge is 0.323 e. The molecule has 4 nitrogen and oxygen atoms in total. The minimum atomic E-state index is -1.02. The topological polar surface area (TPSA) is 58.6 Å². The van der Waals surface area contributed by atoms with Crippen LogP contribution in [0.5, 0.6) is 5.75 Å². The van der Waals surface area contributed by atoms with E-state index in [2.05, 4.69) is 5.32 Å². The van der Waals surface area contributed by atoms with E-state index in [4.69, 9.17) is 4.74 Å². The summed E-state index contributed by atoms with van der Waals surface area (Å²) in [6.07, 6.45) is 1.25. The van der Waals surface area contributed by atoms with Crippen molar-refractivity contribution in [2.45, 2.75) is 38.8 Å². The van der Waals surface area contributed by atoms with Gasteiger partial charge in [0, 0.05) is 12.1 Å². The van der Waals surface area contributed by atoms with Crippen molar-refractivity contribution in [3.8, 4) is 5.75 Å². The first-order chi connectivity index (χ1) is 8.92. The van der Waals surface area contributed by atoms with Gasteiger partial charge in [-0.3, -0.25) is 10.1 Å². The summed E-state index contributed by atoms with van der Waals surface area (Å²) in [5.74, 6) is -0.743. The van der Waals surface area contributed by atoms with E-state index in [0.29, 0.717) is 17.7 Å². The van der Waals surface area contributed by atoms with E-state index in [1.165, 1.54) is 25.3 Å². The quantitative estimate of drug-likeness (QED) is 0.798. The lowest BCUT2D eigenvalue weighted by atomic mass is 9.96. The lowest BCUT2D eigenvalue weighted by Gasteiger charge is -2.26. The Hall–Kier alpha value is -1.62. The summed E-state index contributed by atoms with van der Waals surface area (Å²) in [6, 6.07) is 4.19. The van der Waals surface area contributed by atoms with Gasteiger partial charge < -0.3 is 9.84 Å². The largest absolute Gasteiger partial charge is 0.496 e. The van der Waals surface area contributed by atoms with Gasteiger partial charge in [0.1, 0.15) is 17.1 Å². The Morgan fingerprint density at radius 2 is 2.21 bits per heavy atom. The number of nitrogens with one attached hydrogen (secondary N) is 1. The van der Waals surface area contributed by atoms with Crippen LogP contribution in [-0.4, -0.2) is 23.7 Å². The first-order valence-electron chi connectivity index (χ1n) is 6.23. The van der Waals surface area contributed by atoms with E-state index in [1.807, 2.05) is 6.92 Å². The van der Waals surface area contributed by atoms with Crippen LogP contribution in [0.3, 0.4) is 0 Å². The zero-order valence-electron chi connectivity index (χ0n) is 11.5. The van der Waals surface area contributed by atoms with Crippen molar-refractivity contribution < 1.29 is 19.0 Å². The van der Waals surface area contributed by atoms with Crippen molar-refractivity contribution >= 4 is 5.97 Å². The number of halogens is 1. The van der Waals surface area contributed by atoms with Gasteiger partial charge in [-0.25, -0.2) is 4.39 Å². The minimum Gasteiger partial charge on any atom is -0.496 e. The van der Waals surface area contributed by atoms with Gasteiger partial charge in [0.15, 0.2) is 0 Å². The van der Waals surface area contributed by atoms with Crippen LogP contribution in [0.15, 0.2) is 18.2 Å². The van der Waals surface area contributed by atoms with Crippen LogP contribution >= 0.6 is 0 Å². The lowest BCUT2D eigenvalue weighted by molar-refractivity contribution is -0.144. The third-order valence-corrected chi connectivity index (χ3v) is 3.13. The van der Waals surface area contributed by atoms with Crippen LogP contribution < -0.4 is 10.1 Å². The molecule has 1 atom stereocenters. The number of rotatable bonds is 7. The van der Waals surface area contributed by atoms with Crippen molar-refractivity contribution in [2.24, 2.45) is 0 Å². The molecule has 5 heteroatoms. The Morgan fingerprint density at radius 3 is 2.74 bits per heavy atom. The normalized spacial score (nSPS) is 13.9. The van der Waals surface area contributed by atoms with Gasteiger partial charge in [0.25, 0.3) is 0 Å². The molecule has 19 heavy (non-hydrogen) atoms. The second-order valence-corrected chi connectivity index (χ2v) is 4.70. The first-order valence-corrected chi connectivity index (χ1v) is 6.23. The van der Waals surface area contributed by atoms with Crippen LogP contribution in [0.1, 0.15) is 32.3 Å². The summed E-state index contributed by atoms with van der Waals surface area (Å²) in [6.45, 7) is 3.79. The molecule has 0 aliphatic heterocycles. The highest BCUT2D eigenvalue weighted by Gasteiger charge is 2.31. The predicted molar refractivity (Wildman–Crippen MR) is 70.7 cm³/mol. The third-order valence-electron chi connectivity index (χ3n) is 3.13. The van der Waals surface area contributed by atoms with Crippen molar-refractivity contribution in [1.29, 1.82) is 0 Å². The second kappa shape index (κ2) is 6.52. The van der Waals surface area contributed by atoms with Crippen molar-refractivity contribution in [1.82, 2.24) is 5.32 Å². The number of carbonyl (C=O) groups is 1. The van der Waals surface area contributed by atoms with Crippen LogP contribution in [0, 0.1) is 5.82 Å². The summed E-state index contributed by atoms with van der Waals surface area (Å²) in [5, 5.41) is 12.2. The summed E-state index contributed by atoms with van der Waals surface area (Å²) >= 11 is 0. The van der Waals surface area contributed by atoms with Gasteiger partial charge in [-0.05, 0) is 31.5 Å². The molecule has 0 spiro atoms. The van der Waals surface area contributed by atoms with Crippen molar-refractivity contribution in [3.05, 3.63) is 29.6 Å². The Balaban J connectivity index is 2.85. The molecule has 1 unspecified atom stereocenters. The Kier molecular flexibility index (Phi) is 5.30. The highest BCUT2D eigenvalue weighted by Crippen LogP contribution is 2.21. The molecular weight excluding hydrogens is 249 g/mol. The average molecular weight is 269 g/mol. The van der Waals surface area contributed by atoms with Crippen LogP contribution in [0.4, 0.5) is 4.39 Å². The standard InChI is InChI=1S/C14H20FNO3/c1-4-7-14(2,13(17)18)16-9-10-8-11(15)5-6-12(10)19-3/h5-6,8,16H,4,7,9H2,1-3H3,(H,17,18). The maximum Gasteiger partial charge on any atom is 0.323 e. The molecular formula is C14H20FNO3. The molecule has 0 radical (unpaired) electrons. The summed E-state index contributed by atoms with van der Waals surface area (Å²) in [4.78, 5) is 11.3. The molecule has 0 amide bonds. The number of hydrogen-bond donors (Lipinski definition) is 2. The van der Waals surface area contributed by atoms with Gasteiger partial charge in [0.2, 0.25) is 0 Å². The van der Waals surface area contributed by atoms with Crippen LogP contribution in [0.25, 0.3) is 0 Å². The Bertz CT molecular complexity index is 450. The maximum atomic E-state index is 13.2. The molecule has 0 aromatic heterocycles. The van der Waals surface area contributed by atoms with Crippen LogP contribution in [0.2, 0.25) is 0 Å². The predicted octanol–water partition coefficient (Wildman–Crippen LogP) is 2.57. The number of benzene rings is 1. The third kappa shape index (κ3) is 3.92. The van der Waals surface area contributed by atoms with Gasteiger partial charge >= 0.3 is 5.97 Å². The number of hydrogen-bond acceptors (Lipinski definition) is 3. The van der Waals surface area contributed by atoms with Crippen molar-refractivity contribution in [3.63, 3.8) is 0 Å². The number of aliphatic carboxylic acids is 1. The monoisotopic (exact) mass is 269 g/mol. The zero-order valence-corrected chi connectivity index (χ0v) is 11.5. The SMILES string of the molecule is CCCC(C)(NCc1cc(F)ccc1OC)C(=O)O. The van der Waals surface area contributed by atoms with E-state index in [9.17, 15) is 14.3 Å². The van der Waals surface area contributed by atoms with E-state index in [0.717, 1.165) is 6.42 Å². The fraction of sp³-hybridized carbons (Fsp3) is 0.500. The molecule has 0 aliphatic carbocycles. The summed E-state index contributed by atoms with van der Waals surface area (Å²) in [7, 11) is 1.50.